The van der Waals surface area contributed by atoms with Gasteiger partial charge in [-0.25, -0.2) is 4.98 Å². The van der Waals surface area contributed by atoms with E-state index in [0.29, 0.717) is 10.2 Å². The zero-order valence-electron chi connectivity index (χ0n) is 7.73. The van der Waals surface area contributed by atoms with Crippen molar-refractivity contribution in [3.8, 4) is 5.88 Å². The van der Waals surface area contributed by atoms with E-state index in [-0.39, 0.29) is 5.88 Å². The van der Waals surface area contributed by atoms with Crippen molar-refractivity contribution in [2.75, 3.05) is 19.0 Å². The van der Waals surface area contributed by atoms with Crippen LogP contribution in [-0.4, -0.2) is 24.8 Å². The van der Waals surface area contributed by atoms with E-state index in [1.807, 2.05) is 0 Å². The van der Waals surface area contributed by atoms with Gasteiger partial charge in [0.05, 0.1) is 16.4 Å². The van der Waals surface area contributed by atoms with Crippen molar-refractivity contribution in [3.63, 3.8) is 0 Å². The third kappa shape index (κ3) is 3.94. The lowest BCUT2D eigenvalue weighted by atomic mass is 10.4. The maximum atomic E-state index is 11.8. The number of anilines is 1. The molecule has 1 aromatic rings. The second-order valence-electron chi connectivity index (χ2n) is 2.66. The minimum atomic E-state index is -4.36. The summed E-state index contributed by atoms with van der Waals surface area (Å²) in [5, 5.41) is 2.80. The number of aromatic nitrogens is 1. The minimum absolute atomic E-state index is 0.0775. The van der Waals surface area contributed by atoms with Crippen LogP contribution >= 0.6 is 15.9 Å². The molecule has 0 atom stereocenters. The topological polar surface area (TPSA) is 34.2 Å². The number of nitrogens with one attached hydrogen (secondary N) is 1. The Hall–Kier alpha value is -0.980. The molecule has 15 heavy (non-hydrogen) atoms. The summed E-state index contributed by atoms with van der Waals surface area (Å²) in [4.78, 5) is 3.72. The molecular weight excluding hydrogens is 277 g/mol. The predicted octanol–water partition coefficient (Wildman–Crippen LogP) is 2.83. The highest BCUT2D eigenvalue weighted by Gasteiger charge is 2.29. The van der Waals surface area contributed by atoms with Crippen molar-refractivity contribution in [2.24, 2.45) is 0 Å². The molecular formula is C8H8BrF3N2O. The lowest BCUT2D eigenvalue weighted by molar-refractivity contribution is -0.154. The average molecular weight is 285 g/mol. The van der Waals surface area contributed by atoms with Crippen molar-refractivity contribution in [2.45, 2.75) is 6.18 Å². The zero-order chi connectivity index (χ0) is 11.5. The molecule has 0 saturated carbocycles. The van der Waals surface area contributed by atoms with E-state index < -0.39 is 12.8 Å². The fourth-order valence-electron chi connectivity index (χ4n) is 0.818. The first-order chi connectivity index (χ1) is 6.92. The summed E-state index contributed by atoms with van der Waals surface area (Å²) in [5.41, 5.74) is 0.682. The molecule has 3 nitrogen and oxygen atoms in total. The summed E-state index contributed by atoms with van der Waals surface area (Å²) in [6, 6.07) is 1.58. The van der Waals surface area contributed by atoms with Crippen LogP contribution < -0.4 is 10.1 Å². The summed E-state index contributed by atoms with van der Waals surface area (Å²) in [6.45, 7) is -1.35. The van der Waals surface area contributed by atoms with Crippen molar-refractivity contribution < 1.29 is 17.9 Å². The molecule has 1 rings (SSSR count). The highest BCUT2D eigenvalue weighted by Crippen LogP contribution is 2.26. The lowest BCUT2D eigenvalue weighted by Gasteiger charge is -2.10. The molecule has 1 aromatic heterocycles. The van der Waals surface area contributed by atoms with Gasteiger partial charge in [-0.1, -0.05) is 0 Å². The number of alkyl halides is 3. The lowest BCUT2D eigenvalue weighted by Crippen LogP contribution is -2.19. The SMILES string of the molecule is CNc1cnc(OCC(F)(F)F)c(Br)c1. The molecule has 0 unspecified atom stereocenters. The van der Waals surface area contributed by atoms with Crippen LogP contribution in [0.4, 0.5) is 18.9 Å². The first-order valence-corrected chi connectivity index (χ1v) is 4.74. The van der Waals surface area contributed by atoms with Crippen LogP contribution in [-0.2, 0) is 0 Å². The molecule has 0 radical (unpaired) electrons. The standard InChI is InChI=1S/C8H8BrF3N2O/c1-13-5-2-6(9)7(14-3-5)15-4-8(10,11)12/h2-3,13H,4H2,1H3. The molecule has 0 bridgehead atoms. The van der Waals surface area contributed by atoms with Crippen LogP contribution in [0, 0.1) is 0 Å². The Kier molecular flexibility index (Phi) is 3.78. The molecule has 0 fully saturated rings. The molecule has 0 aliphatic rings. The van der Waals surface area contributed by atoms with Crippen LogP contribution in [0.5, 0.6) is 5.88 Å². The number of hydrogen-bond acceptors (Lipinski definition) is 3. The number of halogens is 4. The first kappa shape index (κ1) is 12.1. The first-order valence-electron chi connectivity index (χ1n) is 3.95. The van der Waals surface area contributed by atoms with Gasteiger partial charge in [-0.2, -0.15) is 13.2 Å². The Morgan fingerprint density at radius 1 is 1.53 bits per heavy atom. The van der Waals surface area contributed by atoms with Crippen molar-refractivity contribution in [1.82, 2.24) is 4.98 Å². The van der Waals surface area contributed by atoms with Gasteiger partial charge in [-0.05, 0) is 22.0 Å². The number of hydrogen-bond donors (Lipinski definition) is 1. The van der Waals surface area contributed by atoms with E-state index >= 15 is 0 Å². The van der Waals surface area contributed by atoms with Gasteiger partial charge in [0.15, 0.2) is 6.61 Å². The van der Waals surface area contributed by atoms with Gasteiger partial charge in [0.25, 0.3) is 0 Å². The fourth-order valence-corrected chi connectivity index (χ4v) is 1.28. The maximum Gasteiger partial charge on any atom is 0.422 e. The van der Waals surface area contributed by atoms with E-state index in [1.165, 1.54) is 6.20 Å². The quantitative estimate of drug-likeness (QED) is 0.927. The van der Waals surface area contributed by atoms with Gasteiger partial charge in [-0.3, -0.25) is 0 Å². The van der Waals surface area contributed by atoms with Gasteiger partial charge in [0.1, 0.15) is 0 Å². The Balaban J connectivity index is 2.70. The van der Waals surface area contributed by atoms with Crippen LogP contribution in [0.3, 0.4) is 0 Å². The van der Waals surface area contributed by atoms with E-state index in [9.17, 15) is 13.2 Å². The number of rotatable bonds is 3. The summed E-state index contributed by atoms with van der Waals surface area (Å²) in [5.74, 6) is -0.0775. The third-order valence-electron chi connectivity index (χ3n) is 1.47. The van der Waals surface area contributed by atoms with Crippen LogP contribution in [0.25, 0.3) is 0 Å². The number of nitrogens with zero attached hydrogens (tertiary/aromatic N) is 1. The van der Waals surface area contributed by atoms with Crippen molar-refractivity contribution in [3.05, 3.63) is 16.7 Å². The Morgan fingerprint density at radius 3 is 2.67 bits per heavy atom. The Labute approximate surface area is 92.8 Å². The van der Waals surface area contributed by atoms with Gasteiger partial charge >= 0.3 is 6.18 Å². The summed E-state index contributed by atoms with van der Waals surface area (Å²) < 4.78 is 40.4. The predicted molar refractivity (Wildman–Crippen MR) is 53.0 cm³/mol. The van der Waals surface area contributed by atoms with Gasteiger partial charge in [0, 0.05) is 7.05 Å². The van der Waals surface area contributed by atoms with E-state index in [1.54, 1.807) is 13.1 Å². The Morgan fingerprint density at radius 2 is 2.20 bits per heavy atom. The molecule has 1 heterocycles. The fraction of sp³-hybridized carbons (Fsp3) is 0.375. The normalized spacial score (nSPS) is 11.3. The molecule has 84 valence electrons. The molecule has 1 N–H and O–H groups in total. The molecule has 0 aromatic carbocycles. The summed E-state index contributed by atoms with van der Waals surface area (Å²) in [7, 11) is 1.68. The Bertz CT molecular complexity index is 343. The maximum absolute atomic E-state index is 11.8. The van der Waals surface area contributed by atoms with Crippen LogP contribution in [0.1, 0.15) is 0 Å². The molecule has 0 aliphatic heterocycles. The smallest absolute Gasteiger partial charge is 0.422 e. The second-order valence-corrected chi connectivity index (χ2v) is 3.52. The highest BCUT2D eigenvalue weighted by atomic mass is 79.9. The number of pyridine rings is 1. The van der Waals surface area contributed by atoms with E-state index in [0.717, 1.165) is 0 Å². The van der Waals surface area contributed by atoms with Crippen molar-refractivity contribution >= 4 is 21.6 Å². The number of ether oxygens (including phenoxy) is 1. The summed E-state index contributed by atoms with van der Waals surface area (Å²) >= 11 is 3.06. The monoisotopic (exact) mass is 284 g/mol. The molecule has 0 aliphatic carbocycles. The van der Waals surface area contributed by atoms with Crippen molar-refractivity contribution in [1.29, 1.82) is 0 Å². The van der Waals surface area contributed by atoms with Crippen LogP contribution in [0.15, 0.2) is 16.7 Å². The zero-order valence-corrected chi connectivity index (χ0v) is 9.32. The minimum Gasteiger partial charge on any atom is -0.467 e. The highest BCUT2D eigenvalue weighted by molar-refractivity contribution is 9.10. The molecule has 0 spiro atoms. The van der Waals surface area contributed by atoms with E-state index in [2.05, 4.69) is 31.0 Å². The molecule has 7 heteroatoms. The van der Waals surface area contributed by atoms with Gasteiger partial charge in [0.2, 0.25) is 5.88 Å². The largest absolute Gasteiger partial charge is 0.467 e. The van der Waals surface area contributed by atoms with Gasteiger partial charge in [-0.15, -0.1) is 0 Å². The summed E-state index contributed by atoms with van der Waals surface area (Å²) in [6.07, 6.45) is -2.97. The van der Waals surface area contributed by atoms with Gasteiger partial charge < -0.3 is 10.1 Å². The average Bonchev–Trinajstić information content (AvgIpc) is 2.14. The van der Waals surface area contributed by atoms with E-state index in [4.69, 9.17) is 0 Å². The van der Waals surface area contributed by atoms with Crippen LogP contribution in [0.2, 0.25) is 0 Å². The molecule has 0 amide bonds. The molecule has 0 saturated heterocycles. The third-order valence-corrected chi connectivity index (χ3v) is 2.04. The second kappa shape index (κ2) is 4.69.